The first-order valence-corrected chi connectivity index (χ1v) is 9.07. The zero-order valence-electron chi connectivity index (χ0n) is 15.8. The molecular weight excluding hydrogens is 354 g/mol. The molecule has 0 radical (unpaired) electrons. The van der Waals surface area contributed by atoms with Crippen molar-refractivity contribution in [3.63, 3.8) is 0 Å². The smallest absolute Gasteiger partial charge is 0.331 e. The number of rotatable bonds is 2. The molecule has 0 unspecified atom stereocenters. The fraction of sp³-hybridized carbons (Fsp3) is 0.550. The molecule has 2 heterocycles. The molecule has 1 aliphatic carbocycles. The van der Waals surface area contributed by atoms with Gasteiger partial charge in [0.15, 0.2) is 0 Å². The Hall–Kier alpha value is -2.31. The van der Waals surface area contributed by atoms with Crippen LogP contribution in [0.1, 0.15) is 57.6 Å². The van der Waals surface area contributed by atoms with E-state index in [4.69, 9.17) is 4.74 Å². The lowest BCUT2D eigenvalue weighted by Gasteiger charge is -2.41. The number of nitrogens with zero attached hydrogens (tertiary/aromatic N) is 1. The van der Waals surface area contributed by atoms with Crippen molar-refractivity contribution in [3.8, 4) is 0 Å². The number of anilines is 1. The summed E-state index contributed by atoms with van der Waals surface area (Å²) in [6.45, 7) is 5.36. The molecule has 1 aliphatic heterocycles. The highest BCUT2D eigenvalue weighted by atomic mass is 19.3. The first-order valence-electron chi connectivity index (χ1n) is 9.07. The number of hydrogen-bond donors (Lipinski definition) is 1. The number of ether oxygens (including phenoxy) is 1. The van der Waals surface area contributed by atoms with Gasteiger partial charge in [-0.05, 0) is 63.3 Å². The van der Waals surface area contributed by atoms with Gasteiger partial charge >= 0.3 is 5.97 Å². The third-order valence-electron chi connectivity index (χ3n) is 4.99. The molecule has 0 bridgehead atoms. The molecule has 5 nitrogen and oxygen atoms in total. The summed E-state index contributed by atoms with van der Waals surface area (Å²) in [7, 11) is 0. The van der Waals surface area contributed by atoms with Gasteiger partial charge in [-0.2, -0.15) is 0 Å². The quantitative estimate of drug-likeness (QED) is 0.621. The molecule has 3 rings (SSSR count). The number of amides is 1. The van der Waals surface area contributed by atoms with Crippen LogP contribution < -0.4 is 5.32 Å². The van der Waals surface area contributed by atoms with E-state index in [1.807, 2.05) is 6.07 Å². The van der Waals surface area contributed by atoms with Crippen LogP contribution in [0.4, 0.5) is 14.6 Å². The number of nitrogens with one attached hydrogen (secondary N) is 1. The highest BCUT2D eigenvalue weighted by Gasteiger charge is 2.49. The Bertz CT molecular complexity index is 787. The molecule has 1 amide bonds. The second-order valence-corrected chi connectivity index (χ2v) is 8.41. The van der Waals surface area contributed by atoms with E-state index >= 15 is 0 Å². The minimum atomic E-state index is -2.69. The second kappa shape index (κ2) is 6.69. The van der Waals surface area contributed by atoms with E-state index in [0.29, 0.717) is 17.8 Å². The van der Waals surface area contributed by atoms with E-state index in [0.717, 1.165) is 5.56 Å². The van der Waals surface area contributed by atoms with Gasteiger partial charge in [0, 0.05) is 25.1 Å². The number of esters is 1. The average molecular weight is 378 g/mol. The maximum Gasteiger partial charge on any atom is 0.331 e. The van der Waals surface area contributed by atoms with Crippen LogP contribution in [-0.2, 0) is 20.7 Å². The lowest BCUT2D eigenvalue weighted by molar-refractivity contribution is -0.148. The van der Waals surface area contributed by atoms with Crippen LogP contribution >= 0.6 is 0 Å². The largest absolute Gasteiger partial charge is 0.457 e. The van der Waals surface area contributed by atoms with Crippen molar-refractivity contribution in [1.82, 2.24) is 4.98 Å². The van der Waals surface area contributed by atoms with Gasteiger partial charge in [-0.25, -0.2) is 18.6 Å². The van der Waals surface area contributed by atoms with Crippen LogP contribution in [0.3, 0.4) is 0 Å². The standard InChI is InChI=1S/C20H24F2N2O3/c1-18(2,3)27-15(25)5-4-13-10-14-11-19(6-8-20(21,22)9-7-19)17(26)24-16(14)23-12-13/h4-5,10,12H,6-9,11H2,1-3H3,(H,23,24,26). The summed E-state index contributed by atoms with van der Waals surface area (Å²) in [5.74, 6) is -2.92. The van der Waals surface area contributed by atoms with Gasteiger partial charge in [0.2, 0.25) is 11.8 Å². The van der Waals surface area contributed by atoms with Crippen LogP contribution in [0, 0.1) is 5.41 Å². The van der Waals surface area contributed by atoms with E-state index in [1.54, 1.807) is 33.0 Å². The van der Waals surface area contributed by atoms with Gasteiger partial charge in [-0.1, -0.05) is 0 Å². The molecule has 1 saturated carbocycles. The molecule has 27 heavy (non-hydrogen) atoms. The Morgan fingerprint density at radius 2 is 1.93 bits per heavy atom. The fourth-order valence-electron chi connectivity index (χ4n) is 3.55. The molecular formula is C20H24F2N2O3. The van der Waals surface area contributed by atoms with Crippen LogP contribution in [-0.4, -0.2) is 28.4 Å². The van der Waals surface area contributed by atoms with E-state index in [2.05, 4.69) is 10.3 Å². The maximum atomic E-state index is 13.5. The third kappa shape index (κ3) is 4.51. The molecule has 0 atom stereocenters. The monoisotopic (exact) mass is 378 g/mol. The summed E-state index contributed by atoms with van der Waals surface area (Å²) >= 11 is 0. The number of halogens is 2. The summed E-state index contributed by atoms with van der Waals surface area (Å²) in [6, 6.07) is 1.83. The first-order chi connectivity index (χ1) is 12.5. The number of hydrogen-bond acceptors (Lipinski definition) is 4. The highest BCUT2D eigenvalue weighted by molar-refractivity contribution is 5.97. The van der Waals surface area contributed by atoms with Crippen LogP contribution in [0.2, 0.25) is 0 Å². The number of aromatic nitrogens is 1. The molecule has 1 aromatic rings. The number of alkyl halides is 2. The van der Waals surface area contributed by atoms with E-state index < -0.39 is 22.9 Å². The molecule has 1 fully saturated rings. The number of fused-ring (bicyclic) bond motifs is 1. The van der Waals surface area contributed by atoms with Crippen LogP contribution in [0.5, 0.6) is 0 Å². The second-order valence-electron chi connectivity index (χ2n) is 8.41. The number of pyridine rings is 1. The fourth-order valence-corrected chi connectivity index (χ4v) is 3.55. The molecule has 0 aromatic carbocycles. The molecule has 1 spiro atoms. The lowest BCUT2D eigenvalue weighted by Crippen LogP contribution is -2.46. The summed E-state index contributed by atoms with van der Waals surface area (Å²) in [5.41, 5.74) is 0.109. The molecule has 146 valence electrons. The Kier molecular flexibility index (Phi) is 4.82. The van der Waals surface area contributed by atoms with Gasteiger partial charge in [0.25, 0.3) is 0 Å². The van der Waals surface area contributed by atoms with Gasteiger partial charge in [-0.3, -0.25) is 4.79 Å². The molecule has 1 N–H and O–H groups in total. The predicted octanol–water partition coefficient (Wildman–Crippen LogP) is 4.13. The van der Waals surface area contributed by atoms with Crippen molar-refractivity contribution in [2.45, 2.75) is 64.4 Å². The Morgan fingerprint density at radius 1 is 1.26 bits per heavy atom. The molecule has 1 aromatic heterocycles. The Morgan fingerprint density at radius 3 is 2.56 bits per heavy atom. The third-order valence-corrected chi connectivity index (χ3v) is 4.99. The van der Waals surface area contributed by atoms with Crippen molar-refractivity contribution >= 4 is 23.8 Å². The summed E-state index contributed by atoms with van der Waals surface area (Å²) in [6.07, 6.45) is 4.61. The van der Waals surface area contributed by atoms with Crippen molar-refractivity contribution < 1.29 is 23.1 Å². The zero-order chi connectivity index (χ0) is 19.9. The Balaban J connectivity index is 1.77. The van der Waals surface area contributed by atoms with E-state index in [9.17, 15) is 18.4 Å². The van der Waals surface area contributed by atoms with E-state index in [-0.39, 0.29) is 31.6 Å². The van der Waals surface area contributed by atoms with Crippen LogP contribution in [0.25, 0.3) is 6.08 Å². The molecule has 2 aliphatic rings. The Labute approximate surface area is 157 Å². The van der Waals surface area contributed by atoms with Crippen molar-refractivity contribution in [2.75, 3.05) is 5.32 Å². The zero-order valence-corrected chi connectivity index (χ0v) is 15.8. The first kappa shape index (κ1) is 19.5. The highest BCUT2D eigenvalue weighted by Crippen LogP contribution is 2.48. The van der Waals surface area contributed by atoms with Gasteiger partial charge in [-0.15, -0.1) is 0 Å². The normalized spacial score (nSPS) is 21.0. The van der Waals surface area contributed by atoms with E-state index in [1.165, 1.54) is 6.08 Å². The predicted molar refractivity (Wildman–Crippen MR) is 97.3 cm³/mol. The summed E-state index contributed by atoms with van der Waals surface area (Å²) < 4.78 is 32.3. The summed E-state index contributed by atoms with van der Waals surface area (Å²) in [5, 5.41) is 2.76. The maximum absolute atomic E-state index is 13.5. The minimum Gasteiger partial charge on any atom is -0.457 e. The molecule has 7 heteroatoms. The number of carbonyl (C=O) groups is 2. The lowest BCUT2D eigenvalue weighted by atomic mass is 9.67. The topological polar surface area (TPSA) is 68.3 Å². The SMILES string of the molecule is CC(C)(C)OC(=O)C=Cc1cnc2c(c1)CC1(CCC(F)(F)CC1)C(=O)N2. The number of carbonyl (C=O) groups excluding carboxylic acids is 2. The minimum absolute atomic E-state index is 0.156. The van der Waals surface area contributed by atoms with Gasteiger partial charge < -0.3 is 10.1 Å². The summed E-state index contributed by atoms with van der Waals surface area (Å²) in [4.78, 5) is 28.6. The molecule has 0 saturated heterocycles. The average Bonchev–Trinajstić information content (AvgIpc) is 2.55. The van der Waals surface area contributed by atoms with Crippen molar-refractivity contribution in [1.29, 1.82) is 0 Å². The van der Waals surface area contributed by atoms with Crippen LogP contribution in [0.15, 0.2) is 18.3 Å². The van der Waals surface area contributed by atoms with Gasteiger partial charge in [0.1, 0.15) is 11.4 Å². The van der Waals surface area contributed by atoms with Gasteiger partial charge in [0.05, 0.1) is 5.41 Å². The van der Waals surface area contributed by atoms with Crippen molar-refractivity contribution in [3.05, 3.63) is 29.5 Å². The van der Waals surface area contributed by atoms with Crippen molar-refractivity contribution in [2.24, 2.45) is 5.41 Å².